The van der Waals surface area contributed by atoms with E-state index < -0.39 is 0 Å². The van der Waals surface area contributed by atoms with Crippen LogP contribution in [0.2, 0.25) is 0 Å². The Labute approximate surface area is 128 Å². The number of amides is 1. The Bertz CT molecular complexity index is 694. The summed E-state index contributed by atoms with van der Waals surface area (Å²) in [7, 11) is 0. The first-order valence-corrected chi connectivity index (χ1v) is 6.94. The molecule has 0 saturated heterocycles. The molecule has 0 bridgehead atoms. The van der Waals surface area contributed by atoms with Crippen LogP contribution in [-0.2, 0) is 11.2 Å². The Hall–Kier alpha value is -2.87. The molecule has 0 aliphatic carbocycles. The lowest BCUT2D eigenvalue weighted by Gasteiger charge is -2.09. The summed E-state index contributed by atoms with van der Waals surface area (Å²) < 4.78 is 13.4. The van der Waals surface area contributed by atoms with E-state index >= 15 is 0 Å². The molecule has 2 N–H and O–H groups in total. The molecule has 4 nitrogen and oxygen atoms in total. The van der Waals surface area contributed by atoms with E-state index in [9.17, 15) is 9.18 Å². The molecule has 5 heteroatoms. The number of benzene rings is 2. The standard InChI is InChI=1S/C17H16FN3O/c18-15-7-3-1-5-13(15)9-10-20-17(22)12-21-16-8-4-2-6-14(16)11-19/h1-8,21H,9-10,12H2,(H,20,22). The molecule has 0 spiro atoms. The predicted octanol–water partition coefficient (Wildman–Crippen LogP) is 2.47. The number of nitrogens with zero attached hydrogens (tertiary/aromatic N) is 1. The summed E-state index contributed by atoms with van der Waals surface area (Å²) in [6.07, 6.45) is 0.438. The molecule has 1 amide bonds. The van der Waals surface area contributed by atoms with Crippen LogP contribution < -0.4 is 10.6 Å². The van der Waals surface area contributed by atoms with Crippen LogP contribution in [0.3, 0.4) is 0 Å². The number of anilines is 1. The van der Waals surface area contributed by atoms with Crippen LogP contribution in [0.4, 0.5) is 10.1 Å². The Morgan fingerprint density at radius 1 is 1.14 bits per heavy atom. The maximum absolute atomic E-state index is 13.4. The SMILES string of the molecule is N#Cc1ccccc1NCC(=O)NCCc1ccccc1F. The Kier molecular flexibility index (Phi) is 5.50. The molecule has 0 unspecified atom stereocenters. The minimum absolute atomic E-state index is 0.0654. The zero-order valence-corrected chi connectivity index (χ0v) is 12.0. The average molecular weight is 297 g/mol. The first kappa shape index (κ1) is 15.5. The topological polar surface area (TPSA) is 64.9 Å². The fraction of sp³-hybridized carbons (Fsp3) is 0.176. The highest BCUT2D eigenvalue weighted by Crippen LogP contribution is 2.12. The van der Waals surface area contributed by atoms with Crippen LogP contribution >= 0.6 is 0 Å². The van der Waals surface area contributed by atoms with Crippen molar-refractivity contribution in [1.29, 1.82) is 5.26 Å². The molecule has 22 heavy (non-hydrogen) atoms. The fourth-order valence-electron chi connectivity index (χ4n) is 2.01. The van der Waals surface area contributed by atoms with E-state index in [1.807, 2.05) is 0 Å². The van der Waals surface area contributed by atoms with Crippen molar-refractivity contribution in [2.24, 2.45) is 0 Å². The number of hydrogen-bond donors (Lipinski definition) is 2. The summed E-state index contributed by atoms with van der Waals surface area (Å²) in [4.78, 5) is 11.7. The van der Waals surface area contributed by atoms with E-state index in [0.717, 1.165) is 0 Å². The van der Waals surface area contributed by atoms with Gasteiger partial charge in [0.05, 0.1) is 17.8 Å². The number of nitriles is 1. The monoisotopic (exact) mass is 297 g/mol. The second kappa shape index (κ2) is 7.79. The summed E-state index contributed by atoms with van der Waals surface area (Å²) >= 11 is 0. The van der Waals surface area contributed by atoms with Gasteiger partial charge in [-0.3, -0.25) is 4.79 Å². The van der Waals surface area contributed by atoms with Gasteiger partial charge in [-0.25, -0.2) is 4.39 Å². The number of para-hydroxylation sites is 1. The molecule has 0 aliphatic rings. The van der Waals surface area contributed by atoms with Gasteiger partial charge in [0, 0.05) is 6.54 Å². The molecule has 2 aromatic rings. The van der Waals surface area contributed by atoms with Crippen LogP contribution in [0.5, 0.6) is 0 Å². The van der Waals surface area contributed by atoms with Crippen molar-refractivity contribution in [1.82, 2.24) is 5.32 Å². The van der Waals surface area contributed by atoms with Crippen LogP contribution in [-0.4, -0.2) is 19.0 Å². The summed E-state index contributed by atoms with van der Waals surface area (Å²) in [5.74, 6) is -0.470. The van der Waals surface area contributed by atoms with Gasteiger partial charge >= 0.3 is 0 Å². The van der Waals surface area contributed by atoms with E-state index in [1.54, 1.807) is 42.5 Å². The Balaban J connectivity index is 1.77. The van der Waals surface area contributed by atoms with Gasteiger partial charge in [-0.1, -0.05) is 30.3 Å². The molecule has 0 aliphatic heterocycles. The summed E-state index contributed by atoms with van der Waals surface area (Å²) in [5, 5.41) is 14.6. The van der Waals surface area contributed by atoms with Gasteiger partial charge in [-0.05, 0) is 30.2 Å². The lowest BCUT2D eigenvalue weighted by molar-refractivity contribution is -0.119. The third-order valence-electron chi connectivity index (χ3n) is 3.16. The third kappa shape index (κ3) is 4.32. The number of carbonyl (C=O) groups is 1. The molecular weight excluding hydrogens is 281 g/mol. The highest BCUT2D eigenvalue weighted by molar-refractivity contribution is 5.81. The first-order valence-electron chi connectivity index (χ1n) is 6.94. The maximum atomic E-state index is 13.4. The number of carbonyl (C=O) groups excluding carboxylic acids is 1. The van der Waals surface area contributed by atoms with Gasteiger partial charge in [0.1, 0.15) is 11.9 Å². The van der Waals surface area contributed by atoms with Crippen molar-refractivity contribution in [3.63, 3.8) is 0 Å². The molecule has 112 valence electrons. The second-order valence-corrected chi connectivity index (χ2v) is 4.70. The van der Waals surface area contributed by atoms with Crippen molar-refractivity contribution >= 4 is 11.6 Å². The van der Waals surface area contributed by atoms with E-state index in [2.05, 4.69) is 16.7 Å². The number of halogens is 1. The molecule has 0 aromatic heterocycles. The molecule has 0 saturated carbocycles. The van der Waals surface area contributed by atoms with Gasteiger partial charge in [0.2, 0.25) is 5.91 Å². The zero-order valence-electron chi connectivity index (χ0n) is 12.0. The summed E-state index contributed by atoms with van der Waals surface area (Å²) in [5.41, 5.74) is 1.68. The average Bonchev–Trinajstić information content (AvgIpc) is 2.55. The van der Waals surface area contributed by atoms with Crippen molar-refractivity contribution in [2.75, 3.05) is 18.4 Å². The highest BCUT2D eigenvalue weighted by Gasteiger charge is 2.05. The zero-order chi connectivity index (χ0) is 15.8. The molecule has 2 aromatic carbocycles. The lowest BCUT2D eigenvalue weighted by Crippen LogP contribution is -2.31. The van der Waals surface area contributed by atoms with Gasteiger partial charge in [0.25, 0.3) is 0 Å². The Morgan fingerprint density at radius 3 is 2.64 bits per heavy atom. The van der Waals surface area contributed by atoms with Crippen LogP contribution in [0.25, 0.3) is 0 Å². The summed E-state index contributed by atoms with van der Waals surface area (Å²) in [6.45, 7) is 0.428. The smallest absolute Gasteiger partial charge is 0.239 e. The molecule has 0 atom stereocenters. The van der Waals surface area contributed by atoms with Crippen molar-refractivity contribution in [3.05, 3.63) is 65.5 Å². The van der Waals surface area contributed by atoms with Crippen molar-refractivity contribution < 1.29 is 9.18 Å². The number of hydrogen-bond acceptors (Lipinski definition) is 3. The quantitative estimate of drug-likeness (QED) is 0.861. The molecule has 2 rings (SSSR count). The number of rotatable bonds is 6. The molecule has 0 radical (unpaired) electrons. The van der Waals surface area contributed by atoms with Crippen molar-refractivity contribution in [2.45, 2.75) is 6.42 Å². The Morgan fingerprint density at radius 2 is 1.86 bits per heavy atom. The molecular formula is C17H16FN3O. The van der Waals surface area contributed by atoms with E-state index in [4.69, 9.17) is 5.26 Å². The highest BCUT2D eigenvalue weighted by atomic mass is 19.1. The molecule has 0 fully saturated rings. The van der Waals surface area contributed by atoms with Crippen LogP contribution in [0.15, 0.2) is 48.5 Å². The minimum Gasteiger partial charge on any atom is -0.375 e. The van der Waals surface area contributed by atoms with E-state index in [0.29, 0.717) is 29.8 Å². The minimum atomic E-state index is -0.266. The predicted molar refractivity (Wildman–Crippen MR) is 82.8 cm³/mol. The van der Waals surface area contributed by atoms with Crippen molar-refractivity contribution in [3.8, 4) is 6.07 Å². The summed E-state index contributed by atoms with van der Waals surface area (Å²) in [6, 6.07) is 15.5. The molecule has 0 heterocycles. The first-order chi connectivity index (χ1) is 10.7. The number of nitrogens with one attached hydrogen (secondary N) is 2. The normalized spacial score (nSPS) is 9.82. The van der Waals surface area contributed by atoms with Crippen LogP contribution in [0, 0.1) is 17.1 Å². The van der Waals surface area contributed by atoms with Gasteiger partial charge in [-0.15, -0.1) is 0 Å². The van der Waals surface area contributed by atoms with E-state index in [-0.39, 0.29) is 18.3 Å². The van der Waals surface area contributed by atoms with Gasteiger partial charge in [-0.2, -0.15) is 5.26 Å². The van der Waals surface area contributed by atoms with E-state index in [1.165, 1.54) is 6.07 Å². The largest absolute Gasteiger partial charge is 0.375 e. The second-order valence-electron chi connectivity index (χ2n) is 4.70. The third-order valence-corrected chi connectivity index (χ3v) is 3.16. The lowest BCUT2D eigenvalue weighted by atomic mass is 10.1. The van der Waals surface area contributed by atoms with Gasteiger partial charge < -0.3 is 10.6 Å². The van der Waals surface area contributed by atoms with Crippen LogP contribution in [0.1, 0.15) is 11.1 Å². The fourth-order valence-corrected chi connectivity index (χ4v) is 2.01. The van der Waals surface area contributed by atoms with Gasteiger partial charge in [0.15, 0.2) is 0 Å². The maximum Gasteiger partial charge on any atom is 0.239 e.